The van der Waals surface area contributed by atoms with Crippen LogP contribution in [0.3, 0.4) is 0 Å². The van der Waals surface area contributed by atoms with E-state index >= 15 is 0 Å². The number of nitrogens with zero attached hydrogens (tertiary/aromatic N) is 1. The number of halogens is 2. The van der Waals surface area contributed by atoms with Crippen molar-refractivity contribution < 1.29 is 13.2 Å². The Hall–Kier alpha value is -1.21. The molecule has 0 bridgehead atoms. The van der Waals surface area contributed by atoms with E-state index < -0.39 is 25.7 Å². The van der Waals surface area contributed by atoms with Crippen molar-refractivity contribution in [3.63, 3.8) is 0 Å². The summed E-state index contributed by atoms with van der Waals surface area (Å²) < 4.78 is 34.1. The van der Waals surface area contributed by atoms with Crippen molar-refractivity contribution in [2.24, 2.45) is 4.40 Å². The minimum atomic E-state index is -4.01. The molecule has 1 aliphatic rings. The zero-order valence-electron chi connectivity index (χ0n) is 17.6. The van der Waals surface area contributed by atoms with Crippen molar-refractivity contribution in [1.82, 2.24) is 0 Å². The van der Waals surface area contributed by atoms with Gasteiger partial charge in [-0.15, -0.1) is 16.2 Å². The summed E-state index contributed by atoms with van der Waals surface area (Å²) in [6.45, 7) is 4.06. The fourth-order valence-corrected chi connectivity index (χ4v) is 6.61. The van der Waals surface area contributed by atoms with E-state index in [1.54, 1.807) is 23.9 Å². The van der Waals surface area contributed by atoms with E-state index in [0.29, 0.717) is 0 Å². The number of unbranched alkanes of at least 4 members (excludes halogenated alkanes) is 3. The first-order valence-electron chi connectivity index (χ1n) is 10.4. The Bertz CT molecular complexity index is 993. The third-order valence-electron chi connectivity index (χ3n) is 5.14. The SMILES string of the molecule is CCCCCCS[C@H]1O/C(=N\S(=O)(=O)c2ccc(C)cc2)C(Cl)(Cl)[C@@H]1c1ccccc1. The van der Waals surface area contributed by atoms with E-state index in [4.69, 9.17) is 27.9 Å². The first kappa shape index (κ1) is 24.4. The largest absolute Gasteiger partial charge is 0.463 e. The van der Waals surface area contributed by atoms with Gasteiger partial charge in [-0.2, -0.15) is 8.42 Å². The lowest BCUT2D eigenvalue weighted by molar-refractivity contribution is 0.293. The quantitative estimate of drug-likeness (QED) is 0.284. The number of hydrogen-bond acceptors (Lipinski definition) is 4. The smallest absolute Gasteiger partial charge is 0.285 e. The van der Waals surface area contributed by atoms with E-state index in [-0.39, 0.29) is 10.8 Å². The van der Waals surface area contributed by atoms with Crippen molar-refractivity contribution in [2.45, 2.75) is 60.1 Å². The van der Waals surface area contributed by atoms with Gasteiger partial charge in [-0.05, 0) is 36.8 Å². The van der Waals surface area contributed by atoms with Crippen LogP contribution in [-0.4, -0.2) is 29.8 Å². The number of benzene rings is 2. The zero-order valence-corrected chi connectivity index (χ0v) is 20.8. The van der Waals surface area contributed by atoms with Crippen molar-refractivity contribution in [1.29, 1.82) is 0 Å². The summed E-state index contributed by atoms with van der Waals surface area (Å²) in [5.41, 5.74) is 1.42. The number of aryl methyl sites for hydroxylation is 1. The molecule has 0 aromatic heterocycles. The molecule has 0 unspecified atom stereocenters. The van der Waals surface area contributed by atoms with Gasteiger partial charge in [-0.25, -0.2) is 0 Å². The van der Waals surface area contributed by atoms with Crippen molar-refractivity contribution in [2.75, 3.05) is 5.75 Å². The van der Waals surface area contributed by atoms with Crippen LogP contribution in [0.4, 0.5) is 0 Å². The van der Waals surface area contributed by atoms with Crippen LogP contribution < -0.4 is 0 Å². The van der Waals surface area contributed by atoms with Crippen molar-refractivity contribution in [3.05, 3.63) is 65.7 Å². The Morgan fingerprint density at radius 1 is 1.03 bits per heavy atom. The highest BCUT2D eigenvalue weighted by molar-refractivity contribution is 7.99. The normalized spacial score (nSPS) is 21.9. The number of sulfonamides is 1. The van der Waals surface area contributed by atoms with Gasteiger partial charge in [0.1, 0.15) is 0 Å². The summed E-state index contributed by atoms with van der Waals surface area (Å²) >= 11 is 15.1. The topological polar surface area (TPSA) is 55.7 Å². The van der Waals surface area contributed by atoms with Gasteiger partial charge >= 0.3 is 0 Å². The summed E-state index contributed by atoms with van der Waals surface area (Å²) in [5.74, 6) is 0.257. The third kappa shape index (κ3) is 5.98. The summed E-state index contributed by atoms with van der Waals surface area (Å²) in [5, 5.41) is 0. The number of thioether (sulfide) groups is 1. The van der Waals surface area contributed by atoms with E-state index in [1.165, 1.54) is 18.6 Å². The molecule has 0 spiro atoms. The molecule has 168 valence electrons. The van der Waals surface area contributed by atoms with Crippen LogP contribution in [-0.2, 0) is 14.8 Å². The molecule has 1 saturated heterocycles. The van der Waals surface area contributed by atoms with Crippen LogP contribution in [0.15, 0.2) is 63.9 Å². The van der Waals surface area contributed by atoms with Gasteiger partial charge in [0.2, 0.25) is 10.2 Å². The molecule has 1 heterocycles. The lowest BCUT2D eigenvalue weighted by Gasteiger charge is -2.23. The van der Waals surface area contributed by atoms with Crippen LogP contribution in [0.25, 0.3) is 0 Å². The van der Waals surface area contributed by atoms with E-state index in [2.05, 4.69) is 11.3 Å². The predicted octanol–water partition coefficient (Wildman–Crippen LogP) is 6.71. The fourth-order valence-electron chi connectivity index (χ4n) is 3.40. The molecule has 2 atom stereocenters. The molecule has 0 radical (unpaired) electrons. The van der Waals surface area contributed by atoms with Gasteiger partial charge in [0, 0.05) is 0 Å². The van der Waals surface area contributed by atoms with E-state index in [0.717, 1.165) is 36.1 Å². The van der Waals surface area contributed by atoms with Crippen molar-refractivity contribution in [3.8, 4) is 0 Å². The summed E-state index contributed by atoms with van der Waals surface area (Å²) in [7, 11) is -4.01. The van der Waals surface area contributed by atoms with Crippen LogP contribution in [0.1, 0.15) is 49.7 Å². The average Bonchev–Trinajstić information content (AvgIpc) is 2.97. The highest BCUT2D eigenvalue weighted by Crippen LogP contribution is 2.51. The lowest BCUT2D eigenvalue weighted by Crippen LogP contribution is -2.28. The maximum Gasteiger partial charge on any atom is 0.285 e. The predicted molar refractivity (Wildman–Crippen MR) is 131 cm³/mol. The molecule has 31 heavy (non-hydrogen) atoms. The molecule has 8 heteroatoms. The minimum Gasteiger partial charge on any atom is -0.463 e. The molecule has 2 aromatic rings. The van der Waals surface area contributed by atoms with Crippen molar-refractivity contribution >= 4 is 50.9 Å². The van der Waals surface area contributed by atoms with Gasteiger partial charge in [-0.1, -0.05) is 97.4 Å². The summed E-state index contributed by atoms with van der Waals surface area (Å²) in [6, 6.07) is 16.0. The van der Waals surface area contributed by atoms with Gasteiger partial charge in [0.15, 0.2) is 5.44 Å². The van der Waals surface area contributed by atoms with Gasteiger partial charge < -0.3 is 4.74 Å². The maximum atomic E-state index is 12.9. The molecule has 0 saturated carbocycles. The van der Waals surface area contributed by atoms with E-state index in [9.17, 15) is 8.42 Å². The second-order valence-electron chi connectivity index (χ2n) is 7.61. The molecule has 0 N–H and O–H groups in total. The van der Waals surface area contributed by atoms with Gasteiger partial charge in [0.05, 0.1) is 10.8 Å². The first-order valence-corrected chi connectivity index (χ1v) is 13.6. The number of alkyl halides is 2. The summed E-state index contributed by atoms with van der Waals surface area (Å²) in [6.07, 6.45) is 4.54. The van der Waals surface area contributed by atoms with Crippen LogP contribution in [0, 0.1) is 6.92 Å². The molecule has 3 rings (SSSR count). The summed E-state index contributed by atoms with van der Waals surface area (Å²) in [4.78, 5) is 0.0743. The number of hydrogen-bond donors (Lipinski definition) is 0. The standard InChI is InChI=1S/C23H27Cl2NO3S2/c1-3-4-5-9-16-30-21-20(18-10-7-6-8-11-18)23(24,25)22(29-21)26-31(27,28)19-14-12-17(2)13-15-19/h6-8,10-15,20-21H,3-5,9,16H2,1-2H3/b26-22-/t20-,21-/m1/s1. The number of ether oxygens (including phenoxy) is 1. The minimum absolute atomic E-state index is 0.0743. The highest BCUT2D eigenvalue weighted by atomic mass is 35.5. The molecule has 4 nitrogen and oxygen atoms in total. The molecule has 2 aromatic carbocycles. The first-order chi connectivity index (χ1) is 14.8. The fraction of sp³-hybridized carbons (Fsp3) is 0.435. The highest BCUT2D eigenvalue weighted by Gasteiger charge is 2.55. The Kier molecular flexibility index (Phi) is 8.36. The molecular formula is C23H27Cl2NO3S2. The Labute approximate surface area is 199 Å². The molecule has 0 aliphatic carbocycles. The zero-order chi connectivity index (χ0) is 22.5. The molecule has 0 amide bonds. The Balaban J connectivity index is 1.90. The van der Waals surface area contributed by atoms with Gasteiger partial charge in [0.25, 0.3) is 10.0 Å². The lowest BCUT2D eigenvalue weighted by atomic mass is 9.97. The monoisotopic (exact) mass is 499 g/mol. The number of rotatable bonds is 9. The molecule has 1 aliphatic heterocycles. The molecule has 1 fully saturated rings. The van der Waals surface area contributed by atoms with Crippen LogP contribution in [0.2, 0.25) is 0 Å². The second-order valence-corrected chi connectivity index (χ2v) is 11.8. The maximum absolute atomic E-state index is 12.9. The van der Waals surface area contributed by atoms with Crippen LogP contribution >= 0.6 is 35.0 Å². The third-order valence-corrected chi connectivity index (χ3v) is 8.43. The van der Waals surface area contributed by atoms with Crippen LogP contribution in [0.5, 0.6) is 0 Å². The molecular weight excluding hydrogens is 473 g/mol. The van der Waals surface area contributed by atoms with E-state index in [1.807, 2.05) is 37.3 Å². The second kappa shape index (κ2) is 10.6. The Morgan fingerprint density at radius 3 is 2.35 bits per heavy atom. The average molecular weight is 501 g/mol. The Morgan fingerprint density at radius 2 is 1.71 bits per heavy atom. The van der Waals surface area contributed by atoms with Gasteiger partial charge in [-0.3, -0.25) is 0 Å².